The summed E-state index contributed by atoms with van der Waals surface area (Å²) in [6.07, 6.45) is 3.20. The van der Waals surface area contributed by atoms with E-state index in [-0.39, 0.29) is 22.6 Å². The Labute approximate surface area is 106 Å². The summed E-state index contributed by atoms with van der Waals surface area (Å²) in [5.74, 6) is 0. The average Bonchev–Trinajstić information content (AvgIpc) is 2.40. The van der Waals surface area contributed by atoms with Crippen LogP contribution in [0.5, 0.6) is 0 Å². The van der Waals surface area contributed by atoms with Crippen molar-refractivity contribution < 1.29 is 0 Å². The van der Waals surface area contributed by atoms with Crippen molar-refractivity contribution in [3.63, 3.8) is 0 Å². The summed E-state index contributed by atoms with van der Waals surface area (Å²) in [4.78, 5) is 11.8. The second kappa shape index (κ2) is 3.83. The van der Waals surface area contributed by atoms with Gasteiger partial charge in [0.05, 0.1) is 0 Å². The van der Waals surface area contributed by atoms with Gasteiger partial charge in [0, 0.05) is 6.04 Å². The monoisotopic (exact) mass is 255 g/mol. The van der Waals surface area contributed by atoms with Crippen molar-refractivity contribution in [3.8, 4) is 0 Å². The fourth-order valence-corrected chi connectivity index (χ4v) is 3.90. The third kappa shape index (κ3) is 2.54. The molecule has 2 rings (SSSR count). The lowest BCUT2D eigenvalue weighted by atomic mass is 9.63. The Morgan fingerprint density at radius 2 is 1.71 bits per heavy atom. The largest absolute Gasteiger partial charge is 0.342 e. The summed E-state index contributed by atoms with van der Waals surface area (Å²) in [6.45, 7) is 9.08. The third-order valence-corrected chi connectivity index (χ3v) is 3.91. The maximum Gasteiger partial charge on any atom is 0.342 e. The van der Waals surface area contributed by atoms with E-state index in [0.29, 0.717) is 4.77 Å². The lowest BCUT2D eigenvalue weighted by Crippen LogP contribution is -2.37. The number of aromatic amines is 2. The first-order valence-electron chi connectivity index (χ1n) is 6.09. The Kier molecular flexibility index (Phi) is 2.84. The van der Waals surface area contributed by atoms with E-state index in [1.165, 1.54) is 6.42 Å². The first kappa shape index (κ1) is 12.6. The molecule has 1 saturated carbocycles. The Bertz CT molecular complexity index is 477. The molecule has 0 amide bonds. The molecule has 5 heteroatoms. The molecule has 2 N–H and O–H groups in total. The summed E-state index contributed by atoms with van der Waals surface area (Å²) in [5.41, 5.74) is 0.393. The number of hydrogen-bond donors (Lipinski definition) is 2. The van der Waals surface area contributed by atoms with Gasteiger partial charge in [-0.3, -0.25) is 9.67 Å². The van der Waals surface area contributed by atoms with E-state index in [0.717, 1.165) is 12.8 Å². The fourth-order valence-electron chi connectivity index (χ4n) is 3.62. The van der Waals surface area contributed by atoms with E-state index in [1.54, 1.807) is 4.57 Å². The second-order valence-electron chi connectivity index (χ2n) is 6.80. The van der Waals surface area contributed by atoms with Crippen molar-refractivity contribution in [2.45, 2.75) is 53.0 Å². The van der Waals surface area contributed by atoms with E-state index in [9.17, 15) is 4.79 Å². The highest BCUT2D eigenvalue weighted by atomic mass is 32.1. The Balaban J connectivity index is 2.40. The van der Waals surface area contributed by atoms with E-state index in [4.69, 9.17) is 12.2 Å². The van der Waals surface area contributed by atoms with Crippen molar-refractivity contribution in [1.82, 2.24) is 14.8 Å². The molecule has 0 spiro atoms. The number of aromatic nitrogens is 3. The van der Waals surface area contributed by atoms with Gasteiger partial charge in [-0.1, -0.05) is 27.7 Å². The van der Waals surface area contributed by atoms with E-state index >= 15 is 0 Å². The smallest absolute Gasteiger partial charge is 0.272 e. The zero-order valence-corrected chi connectivity index (χ0v) is 11.8. The lowest BCUT2D eigenvalue weighted by Gasteiger charge is -2.44. The van der Waals surface area contributed by atoms with Crippen LogP contribution in [0.1, 0.15) is 53.0 Å². The molecule has 0 aromatic carbocycles. The minimum atomic E-state index is -0.117. The standard InChI is InChI=1S/C12H21N3OS/c1-11(2)5-8(6-12(3,4)7-11)15-9(16)13-14-10(15)17/h8H,5-7H2,1-4H3,(H,13,16)(H,14,17). The van der Waals surface area contributed by atoms with Gasteiger partial charge < -0.3 is 0 Å². The maximum absolute atomic E-state index is 11.8. The zero-order valence-electron chi connectivity index (χ0n) is 11.0. The van der Waals surface area contributed by atoms with Crippen LogP contribution in [0.25, 0.3) is 0 Å². The minimum absolute atomic E-state index is 0.117. The highest BCUT2D eigenvalue weighted by molar-refractivity contribution is 7.71. The summed E-state index contributed by atoms with van der Waals surface area (Å²) >= 11 is 5.18. The summed E-state index contributed by atoms with van der Waals surface area (Å²) in [5, 5.41) is 5.30. The molecule has 0 radical (unpaired) electrons. The van der Waals surface area contributed by atoms with Gasteiger partial charge >= 0.3 is 5.69 Å². The van der Waals surface area contributed by atoms with Gasteiger partial charge in [-0.25, -0.2) is 9.89 Å². The van der Waals surface area contributed by atoms with Gasteiger partial charge in [0.15, 0.2) is 4.77 Å². The molecule has 0 bridgehead atoms. The summed E-state index contributed by atoms with van der Waals surface area (Å²) < 4.78 is 2.21. The van der Waals surface area contributed by atoms with Crippen molar-refractivity contribution in [1.29, 1.82) is 0 Å². The molecule has 0 atom stereocenters. The molecule has 0 aliphatic heterocycles. The SMILES string of the molecule is CC1(C)CC(n2c(=O)[nH][nH]c2=S)CC(C)(C)C1. The molecular formula is C12H21N3OS. The minimum Gasteiger partial charge on any atom is -0.272 e. The quantitative estimate of drug-likeness (QED) is 0.758. The maximum atomic E-state index is 11.8. The highest BCUT2D eigenvalue weighted by Gasteiger charge is 2.39. The van der Waals surface area contributed by atoms with Crippen LogP contribution < -0.4 is 5.69 Å². The Hall–Kier alpha value is -0.840. The second-order valence-corrected chi connectivity index (χ2v) is 7.18. The van der Waals surface area contributed by atoms with Crippen molar-refractivity contribution in [2.75, 3.05) is 0 Å². The molecule has 0 unspecified atom stereocenters. The predicted octanol–water partition coefficient (Wildman–Crippen LogP) is 3.01. The van der Waals surface area contributed by atoms with Crippen LogP contribution in [-0.4, -0.2) is 14.8 Å². The molecule has 0 saturated heterocycles. The first-order valence-corrected chi connectivity index (χ1v) is 6.50. The van der Waals surface area contributed by atoms with Crippen LogP contribution in [0.3, 0.4) is 0 Å². The van der Waals surface area contributed by atoms with Crippen LogP contribution in [0.15, 0.2) is 4.79 Å². The van der Waals surface area contributed by atoms with E-state index in [2.05, 4.69) is 37.9 Å². The number of nitrogens with zero attached hydrogens (tertiary/aromatic N) is 1. The summed E-state index contributed by atoms with van der Waals surface area (Å²) in [7, 11) is 0. The first-order chi connectivity index (χ1) is 7.70. The van der Waals surface area contributed by atoms with Gasteiger partial charge in [0.25, 0.3) is 0 Å². The molecule has 1 fully saturated rings. The van der Waals surface area contributed by atoms with Crippen LogP contribution in [-0.2, 0) is 0 Å². The molecule has 1 aliphatic carbocycles. The van der Waals surface area contributed by atoms with Gasteiger partial charge in [-0.15, -0.1) is 0 Å². The third-order valence-electron chi connectivity index (χ3n) is 3.61. The zero-order chi connectivity index (χ0) is 12.8. The number of nitrogens with one attached hydrogen (secondary N) is 2. The normalized spacial score (nSPS) is 23.8. The van der Waals surface area contributed by atoms with Crippen LogP contribution in [0.4, 0.5) is 0 Å². The molecule has 96 valence electrons. The van der Waals surface area contributed by atoms with Crippen molar-refractivity contribution >= 4 is 12.2 Å². The topological polar surface area (TPSA) is 53.6 Å². The van der Waals surface area contributed by atoms with E-state index < -0.39 is 0 Å². The molecule has 1 aromatic heterocycles. The molecule has 17 heavy (non-hydrogen) atoms. The van der Waals surface area contributed by atoms with Crippen LogP contribution in [0, 0.1) is 15.6 Å². The number of rotatable bonds is 1. The van der Waals surface area contributed by atoms with Crippen molar-refractivity contribution in [2.24, 2.45) is 10.8 Å². The highest BCUT2D eigenvalue weighted by Crippen LogP contribution is 2.49. The van der Waals surface area contributed by atoms with Gasteiger partial charge in [-0.05, 0) is 42.3 Å². The van der Waals surface area contributed by atoms with Crippen molar-refractivity contribution in [3.05, 3.63) is 15.3 Å². The van der Waals surface area contributed by atoms with Crippen LogP contribution in [0.2, 0.25) is 0 Å². The Morgan fingerprint density at radius 1 is 1.18 bits per heavy atom. The predicted molar refractivity (Wildman–Crippen MR) is 70.7 cm³/mol. The van der Waals surface area contributed by atoms with Gasteiger partial charge in [0.2, 0.25) is 0 Å². The Morgan fingerprint density at radius 3 is 2.12 bits per heavy atom. The van der Waals surface area contributed by atoms with E-state index in [1.807, 2.05) is 0 Å². The van der Waals surface area contributed by atoms with Crippen LogP contribution >= 0.6 is 12.2 Å². The van der Waals surface area contributed by atoms with Gasteiger partial charge in [-0.2, -0.15) is 0 Å². The molecular weight excluding hydrogens is 234 g/mol. The molecule has 1 aromatic rings. The number of hydrogen-bond acceptors (Lipinski definition) is 2. The molecule has 1 heterocycles. The molecule has 4 nitrogen and oxygen atoms in total. The summed E-state index contributed by atoms with van der Waals surface area (Å²) in [6, 6.07) is 0.205. The van der Waals surface area contributed by atoms with Gasteiger partial charge in [0.1, 0.15) is 0 Å². The lowest BCUT2D eigenvalue weighted by molar-refractivity contribution is 0.0704. The number of H-pyrrole nitrogens is 2. The molecule has 1 aliphatic rings. The average molecular weight is 255 g/mol. The fraction of sp³-hybridized carbons (Fsp3) is 0.833.